The Kier molecular flexibility index (Phi) is 5.75. The number of primary amides is 1. The van der Waals surface area contributed by atoms with E-state index < -0.39 is 17.2 Å². The SMILES string of the molecule is Cn1c(=O)c2c(nc(CN3CCN(Cc4ccccc4)CC3)n2CC(N)=O)n(C)c1=O. The van der Waals surface area contributed by atoms with E-state index >= 15 is 0 Å². The van der Waals surface area contributed by atoms with Crippen LogP contribution in [0, 0.1) is 0 Å². The first-order chi connectivity index (χ1) is 14.8. The normalized spacial score (nSPS) is 15.5. The molecule has 10 nitrogen and oxygen atoms in total. The van der Waals surface area contributed by atoms with E-state index in [-0.39, 0.29) is 17.7 Å². The number of rotatable bonds is 6. The Bertz CT molecular complexity index is 1220. The molecule has 4 rings (SSSR count). The van der Waals surface area contributed by atoms with Gasteiger partial charge in [-0.1, -0.05) is 30.3 Å². The Morgan fingerprint density at radius 1 is 0.968 bits per heavy atom. The lowest BCUT2D eigenvalue weighted by Gasteiger charge is -2.34. The fraction of sp³-hybridized carbons (Fsp3) is 0.429. The third kappa shape index (κ3) is 4.17. The second-order valence-corrected chi connectivity index (χ2v) is 8.00. The summed E-state index contributed by atoms with van der Waals surface area (Å²) in [6.45, 7) is 4.71. The molecular weight excluding hydrogens is 398 g/mol. The smallest absolute Gasteiger partial charge is 0.332 e. The highest BCUT2D eigenvalue weighted by Crippen LogP contribution is 2.15. The summed E-state index contributed by atoms with van der Waals surface area (Å²) < 4.78 is 3.90. The van der Waals surface area contributed by atoms with Crippen LogP contribution < -0.4 is 17.0 Å². The second-order valence-electron chi connectivity index (χ2n) is 8.00. The number of hydrogen-bond acceptors (Lipinski definition) is 6. The van der Waals surface area contributed by atoms with Gasteiger partial charge >= 0.3 is 5.69 Å². The van der Waals surface area contributed by atoms with Gasteiger partial charge in [-0.2, -0.15) is 0 Å². The molecule has 31 heavy (non-hydrogen) atoms. The largest absolute Gasteiger partial charge is 0.368 e. The van der Waals surface area contributed by atoms with E-state index in [1.54, 1.807) is 11.6 Å². The van der Waals surface area contributed by atoms with E-state index in [1.807, 2.05) is 18.2 Å². The number of carbonyl (C=O) groups excluding carboxylic acids is 1. The van der Waals surface area contributed by atoms with Gasteiger partial charge in [-0.05, 0) is 5.56 Å². The number of aromatic nitrogens is 4. The third-order valence-electron chi connectivity index (χ3n) is 5.82. The molecule has 10 heteroatoms. The topological polar surface area (TPSA) is 111 Å². The molecule has 0 unspecified atom stereocenters. The molecule has 2 aromatic heterocycles. The molecule has 0 saturated carbocycles. The highest BCUT2D eigenvalue weighted by Gasteiger charge is 2.23. The van der Waals surface area contributed by atoms with Gasteiger partial charge in [0.15, 0.2) is 11.2 Å². The number of benzene rings is 1. The summed E-state index contributed by atoms with van der Waals surface area (Å²) in [5.41, 5.74) is 6.28. The van der Waals surface area contributed by atoms with Gasteiger partial charge in [0.25, 0.3) is 5.56 Å². The van der Waals surface area contributed by atoms with Crippen molar-refractivity contribution in [3.05, 3.63) is 62.6 Å². The summed E-state index contributed by atoms with van der Waals surface area (Å²) in [5.74, 6) is -0.00672. The van der Waals surface area contributed by atoms with Crippen molar-refractivity contribution >= 4 is 17.1 Å². The van der Waals surface area contributed by atoms with Crippen LogP contribution in [-0.4, -0.2) is 60.6 Å². The molecule has 2 N–H and O–H groups in total. The molecule has 0 aliphatic carbocycles. The Labute approximate surface area is 179 Å². The van der Waals surface area contributed by atoms with Crippen LogP contribution in [-0.2, 0) is 38.5 Å². The lowest BCUT2D eigenvalue weighted by atomic mass is 10.2. The molecule has 1 fully saturated rings. The summed E-state index contributed by atoms with van der Waals surface area (Å²) in [4.78, 5) is 45.9. The van der Waals surface area contributed by atoms with Gasteiger partial charge in [-0.15, -0.1) is 0 Å². The minimum atomic E-state index is -0.566. The molecular formula is C21H27N7O3. The van der Waals surface area contributed by atoms with E-state index in [0.717, 1.165) is 37.3 Å². The number of carbonyl (C=O) groups is 1. The predicted molar refractivity (Wildman–Crippen MR) is 116 cm³/mol. The fourth-order valence-corrected chi connectivity index (χ4v) is 4.09. The minimum absolute atomic E-state index is 0.159. The maximum atomic E-state index is 12.7. The molecule has 0 radical (unpaired) electrons. The van der Waals surface area contributed by atoms with Gasteiger partial charge in [-0.25, -0.2) is 9.78 Å². The van der Waals surface area contributed by atoms with Crippen molar-refractivity contribution in [1.29, 1.82) is 0 Å². The first-order valence-electron chi connectivity index (χ1n) is 10.3. The van der Waals surface area contributed by atoms with E-state index in [0.29, 0.717) is 12.4 Å². The molecule has 0 atom stereocenters. The maximum absolute atomic E-state index is 12.7. The van der Waals surface area contributed by atoms with Gasteiger partial charge < -0.3 is 10.3 Å². The molecule has 1 saturated heterocycles. The van der Waals surface area contributed by atoms with Crippen molar-refractivity contribution in [2.24, 2.45) is 19.8 Å². The number of nitrogens with zero attached hydrogens (tertiary/aromatic N) is 6. The van der Waals surface area contributed by atoms with Gasteiger partial charge in [0, 0.05) is 46.8 Å². The zero-order valence-corrected chi connectivity index (χ0v) is 17.8. The Morgan fingerprint density at radius 2 is 1.58 bits per heavy atom. The monoisotopic (exact) mass is 425 g/mol. The molecule has 0 bridgehead atoms. The molecule has 1 aromatic carbocycles. The predicted octanol–water partition coefficient (Wildman–Crippen LogP) is -0.763. The van der Waals surface area contributed by atoms with Gasteiger partial charge in [0.05, 0.1) is 6.54 Å². The molecule has 1 aliphatic heterocycles. The van der Waals surface area contributed by atoms with E-state index in [1.165, 1.54) is 17.2 Å². The fourth-order valence-electron chi connectivity index (χ4n) is 4.09. The van der Waals surface area contributed by atoms with Crippen LogP contribution >= 0.6 is 0 Å². The summed E-state index contributed by atoms with van der Waals surface area (Å²) in [6, 6.07) is 10.4. The van der Waals surface area contributed by atoms with Crippen LogP contribution in [0.1, 0.15) is 11.4 Å². The van der Waals surface area contributed by atoms with Crippen molar-refractivity contribution in [1.82, 2.24) is 28.5 Å². The van der Waals surface area contributed by atoms with E-state index in [4.69, 9.17) is 5.73 Å². The van der Waals surface area contributed by atoms with Crippen LogP contribution in [0.2, 0.25) is 0 Å². The van der Waals surface area contributed by atoms with Crippen LogP contribution in [0.3, 0.4) is 0 Å². The average Bonchev–Trinajstić information content (AvgIpc) is 3.10. The summed E-state index contributed by atoms with van der Waals surface area (Å²) in [7, 11) is 2.98. The maximum Gasteiger partial charge on any atom is 0.332 e. The highest BCUT2D eigenvalue weighted by atomic mass is 16.2. The molecule has 1 aliphatic rings. The molecule has 3 heterocycles. The van der Waals surface area contributed by atoms with Gasteiger partial charge in [-0.3, -0.25) is 28.5 Å². The van der Waals surface area contributed by atoms with E-state index in [9.17, 15) is 14.4 Å². The second kappa shape index (κ2) is 8.48. The van der Waals surface area contributed by atoms with Gasteiger partial charge in [0.1, 0.15) is 12.4 Å². The summed E-state index contributed by atoms with van der Waals surface area (Å²) in [6.07, 6.45) is 0. The van der Waals surface area contributed by atoms with Crippen LogP contribution in [0.15, 0.2) is 39.9 Å². The van der Waals surface area contributed by atoms with Crippen molar-refractivity contribution in [2.75, 3.05) is 26.2 Å². The number of amides is 1. The summed E-state index contributed by atoms with van der Waals surface area (Å²) >= 11 is 0. The zero-order valence-electron chi connectivity index (χ0n) is 17.8. The Hall–Kier alpha value is -3.24. The number of hydrogen-bond donors (Lipinski definition) is 1. The quantitative estimate of drug-likeness (QED) is 0.556. The molecule has 3 aromatic rings. The standard InChI is InChI=1S/C21H27N7O3/c1-24-19-18(20(30)25(2)21(24)31)28(13-16(22)29)17(23-19)14-27-10-8-26(9-11-27)12-15-6-4-3-5-7-15/h3-7H,8-14H2,1-2H3,(H2,22,29). The molecule has 164 valence electrons. The first kappa shape index (κ1) is 21.0. The van der Waals surface area contributed by atoms with Crippen molar-refractivity contribution in [3.63, 3.8) is 0 Å². The minimum Gasteiger partial charge on any atom is -0.368 e. The average molecular weight is 425 g/mol. The van der Waals surface area contributed by atoms with Crippen LogP contribution in [0.25, 0.3) is 11.2 Å². The molecule has 1 amide bonds. The van der Waals surface area contributed by atoms with E-state index in [2.05, 4.69) is 26.9 Å². The lowest BCUT2D eigenvalue weighted by Crippen LogP contribution is -2.45. The lowest BCUT2D eigenvalue weighted by molar-refractivity contribution is -0.118. The Morgan fingerprint density at radius 3 is 2.19 bits per heavy atom. The first-order valence-corrected chi connectivity index (χ1v) is 10.3. The molecule has 0 spiro atoms. The van der Waals surface area contributed by atoms with Crippen LogP contribution in [0.4, 0.5) is 0 Å². The van der Waals surface area contributed by atoms with Gasteiger partial charge in [0.2, 0.25) is 5.91 Å². The zero-order chi connectivity index (χ0) is 22.1. The highest BCUT2D eigenvalue weighted by molar-refractivity contribution is 5.78. The van der Waals surface area contributed by atoms with Crippen molar-refractivity contribution < 1.29 is 4.79 Å². The van der Waals surface area contributed by atoms with Crippen molar-refractivity contribution in [2.45, 2.75) is 19.6 Å². The number of imidazole rings is 1. The van der Waals surface area contributed by atoms with Crippen LogP contribution in [0.5, 0.6) is 0 Å². The number of aryl methyl sites for hydroxylation is 1. The van der Waals surface area contributed by atoms with Crippen molar-refractivity contribution in [3.8, 4) is 0 Å². The number of nitrogens with two attached hydrogens (primary N) is 1. The number of fused-ring (bicyclic) bond motifs is 1. The summed E-state index contributed by atoms with van der Waals surface area (Å²) in [5, 5.41) is 0. The third-order valence-corrected chi connectivity index (χ3v) is 5.82. The number of piperazine rings is 1. The Balaban J connectivity index is 1.57.